The second-order valence-corrected chi connectivity index (χ2v) is 7.34. The van der Waals surface area contributed by atoms with Gasteiger partial charge in [0.2, 0.25) is 0 Å². The van der Waals surface area contributed by atoms with Crippen LogP contribution >= 0.6 is 0 Å². The van der Waals surface area contributed by atoms with Crippen LogP contribution in [0, 0.1) is 0 Å². The van der Waals surface area contributed by atoms with Crippen LogP contribution in [0.2, 0.25) is 0 Å². The first-order valence-corrected chi connectivity index (χ1v) is 10.1. The molecule has 0 fully saturated rings. The summed E-state index contributed by atoms with van der Waals surface area (Å²) in [7, 11) is 0. The molecule has 0 spiro atoms. The molecule has 6 nitrogen and oxygen atoms in total. The van der Waals surface area contributed by atoms with Crippen molar-refractivity contribution in [3.8, 4) is 5.75 Å². The first-order valence-electron chi connectivity index (χ1n) is 10.1. The molecule has 1 unspecified atom stereocenters. The number of aliphatic hydroxyl groups is 1. The number of aromatic nitrogens is 2. The zero-order valence-electron chi connectivity index (χ0n) is 17.0. The van der Waals surface area contributed by atoms with Gasteiger partial charge in [-0.3, -0.25) is 9.13 Å². The van der Waals surface area contributed by atoms with Crippen molar-refractivity contribution in [2.24, 2.45) is 0 Å². The van der Waals surface area contributed by atoms with E-state index in [4.69, 9.17) is 4.74 Å². The smallest absolute Gasteiger partial charge is 0.329 e. The summed E-state index contributed by atoms with van der Waals surface area (Å²) in [6.45, 7) is 4.53. The molecule has 0 saturated carbocycles. The molecule has 29 heavy (non-hydrogen) atoms. The molecule has 1 aromatic heterocycles. The molecule has 2 aromatic carbocycles. The summed E-state index contributed by atoms with van der Waals surface area (Å²) in [5, 5.41) is 10.5. The number of para-hydroxylation sites is 2. The molecule has 3 rings (SSSR count). The van der Waals surface area contributed by atoms with E-state index in [0.29, 0.717) is 25.1 Å². The quantitative estimate of drug-likeness (QED) is 0.571. The van der Waals surface area contributed by atoms with Crippen LogP contribution in [0.1, 0.15) is 32.3 Å². The molecule has 0 aliphatic rings. The van der Waals surface area contributed by atoms with Gasteiger partial charge in [0, 0.05) is 13.0 Å². The number of aliphatic hydroxyl groups excluding tert-OH is 1. The second kappa shape index (κ2) is 9.56. The summed E-state index contributed by atoms with van der Waals surface area (Å²) in [5.41, 5.74) is 2.67. The van der Waals surface area contributed by atoms with Gasteiger partial charge in [0.1, 0.15) is 24.2 Å². The summed E-state index contributed by atoms with van der Waals surface area (Å²) in [6.07, 6.45) is 1.29. The first-order chi connectivity index (χ1) is 14.0. The largest absolute Gasteiger partial charge is 0.491 e. The Bertz CT molecular complexity index is 1020. The van der Waals surface area contributed by atoms with E-state index in [2.05, 4.69) is 0 Å². The van der Waals surface area contributed by atoms with Gasteiger partial charge in [-0.2, -0.15) is 0 Å². The third-order valence-corrected chi connectivity index (χ3v) is 4.90. The highest BCUT2D eigenvalue weighted by molar-refractivity contribution is 5.76. The molecule has 0 radical (unpaired) electrons. The van der Waals surface area contributed by atoms with Gasteiger partial charge in [0.15, 0.2) is 0 Å². The zero-order chi connectivity index (χ0) is 20.8. The van der Waals surface area contributed by atoms with Crippen molar-refractivity contribution in [2.75, 3.05) is 6.61 Å². The number of aryl methyl sites for hydroxylation is 2. The highest BCUT2D eigenvalue weighted by Gasteiger charge is 2.15. The third-order valence-electron chi connectivity index (χ3n) is 4.90. The maximum Gasteiger partial charge on any atom is 0.329 e. The molecule has 1 atom stereocenters. The fourth-order valence-electron chi connectivity index (χ4n) is 3.42. The fraction of sp³-hybridized carbons (Fsp3) is 0.391. The molecular weight excluding hydrogens is 368 g/mol. The molecule has 1 N–H and O–H groups in total. The number of nitrogens with zero attached hydrogens (tertiary/aromatic N) is 2. The molecule has 3 aromatic rings. The van der Waals surface area contributed by atoms with E-state index < -0.39 is 6.10 Å². The second-order valence-electron chi connectivity index (χ2n) is 7.34. The monoisotopic (exact) mass is 396 g/mol. The summed E-state index contributed by atoms with van der Waals surface area (Å²) >= 11 is 0. The number of hydrogen-bond acceptors (Lipinski definition) is 4. The topological polar surface area (TPSA) is 73.5 Å². The summed E-state index contributed by atoms with van der Waals surface area (Å²) in [6, 6.07) is 15.2. The predicted octanol–water partition coefficient (Wildman–Crippen LogP) is 3.17. The molecule has 0 aliphatic carbocycles. The lowest BCUT2D eigenvalue weighted by Crippen LogP contribution is -2.31. The highest BCUT2D eigenvalue weighted by atomic mass is 16.5. The Morgan fingerprint density at radius 3 is 2.34 bits per heavy atom. The number of benzene rings is 2. The minimum Gasteiger partial charge on any atom is -0.491 e. The van der Waals surface area contributed by atoms with Gasteiger partial charge in [0.05, 0.1) is 17.6 Å². The van der Waals surface area contributed by atoms with Crippen molar-refractivity contribution in [3.63, 3.8) is 0 Å². The Morgan fingerprint density at radius 1 is 1.07 bits per heavy atom. The van der Waals surface area contributed by atoms with Crippen molar-refractivity contribution in [1.29, 1.82) is 0 Å². The Balaban J connectivity index is 1.64. The zero-order valence-corrected chi connectivity index (χ0v) is 17.0. The molecule has 6 heteroatoms. The number of Topliss-reactive ketones (excluding diaryl/α,β-unsaturated/α-hetero) is 1. The van der Waals surface area contributed by atoms with Gasteiger partial charge in [-0.1, -0.05) is 31.2 Å². The van der Waals surface area contributed by atoms with Gasteiger partial charge in [-0.15, -0.1) is 0 Å². The number of carbonyl (C=O) groups excluding carboxylic acids is 1. The Labute approximate surface area is 170 Å². The maximum absolute atomic E-state index is 12.8. The summed E-state index contributed by atoms with van der Waals surface area (Å²) < 4.78 is 9.06. The van der Waals surface area contributed by atoms with E-state index in [0.717, 1.165) is 23.0 Å². The lowest BCUT2D eigenvalue weighted by atomic mass is 10.1. The molecule has 154 valence electrons. The van der Waals surface area contributed by atoms with Crippen LogP contribution in [0.3, 0.4) is 0 Å². The SMILES string of the molecule is CCCn1c(=O)n(CC(O)COc2ccc(CCC(C)=O)cc2)c2ccccc21. The Kier molecular flexibility index (Phi) is 6.88. The van der Waals surface area contributed by atoms with Crippen molar-refractivity contribution in [2.45, 2.75) is 52.3 Å². The van der Waals surface area contributed by atoms with E-state index in [-0.39, 0.29) is 24.6 Å². The van der Waals surface area contributed by atoms with Crippen LogP contribution in [0.15, 0.2) is 53.3 Å². The Morgan fingerprint density at radius 2 is 1.72 bits per heavy atom. The molecule has 0 saturated heterocycles. The molecule has 0 aliphatic heterocycles. The van der Waals surface area contributed by atoms with E-state index >= 15 is 0 Å². The lowest BCUT2D eigenvalue weighted by molar-refractivity contribution is -0.116. The minimum atomic E-state index is -0.814. The van der Waals surface area contributed by atoms with Gasteiger partial charge in [-0.05, 0) is 49.6 Å². The van der Waals surface area contributed by atoms with Crippen molar-refractivity contribution in [1.82, 2.24) is 9.13 Å². The van der Waals surface area contributed by atoms with Crippen LogP contribution in [0.25, 0.3) is 11.0 Å². The van der Waals surface area contributed by atoms with Crippen LogP contribution < -0.4 is 10.4 Å². The van der Waals surface area contributed by atoms with Gasteiger partial charge >= 0.3 is 5.69 Å². The van der Waals surface area contributed by atoms with Crippen molar-refractivity contribution >= 4 is 16.8 Å². The molecule has 1 heterocycles. The lowest BCUT2D eigenvalue weighted by Gasteiger charge is -2.13. The van der Waals surface area contributed by atoms with Crippen LogP contribution in [-0.2, 0) is 24.3 Å². The van der Waals surface area contributed by atoms with E-state index in [1.807, 2.05) is 55.5 Å². The van der Waals surface area contributed by atoms with Gasteiger partial charge < -0.3 is 14.6 Å². The summed E-state index contributed by atoms with van der Waals surface area (Å²) in [5.74, 6) is 0.820. The van der Waals surface area contributed by atoms with Gasteiger partial charge in [0.25, 0.3) is 0 Å². The number of fused-ring (bicyclic) bond motifs is 1. The van der Waals surface area contributed by atoms with Crippen LogP contribution in [-0.4, -0.2) is 32.7 Å². The Hall–Kier alpha value is -2.86. The average Bonchev–Trinajstić information content (AvgIpc) is 2.98. The fourth-order valence-corrected chi connectivity index (χ4v) is 3.42. The van der Waals surface area contributed by atoms with Crippen LogP contribution in [0.5, 0.6) is 5.75 Å². The number of rotatable bonds is 10. The number of hydrogen-bond donors (Lipinski definition) is 1. The van der Waals surface area contributed by atoms with Gasteiger partial charge in [-0.25, -0.2) is 4.79 Å². The molecule has 0 bridgehead atoms. The predicted molar refractivity (Wildman–Crippen MR) is 113 cm³/mol. The van der Waals surface area contributed by atoms with Crippen molar-refractivity contribution < 1.29 is 14.6 Å². The van der Waals surface area contributed by atoms with Crippen LogP contribution in [0.4, 0.5) is 0 Å². The summed E-state index contributed by atoms with van der Waals surface area (Å²) in [4.78, 5) is 23.9. The molecular formula is C23H28N2O4. The normalized spacial score (nSPS) is 12.2. The number of imidazole rings is 1. The number of ketones is 1. The first kappa shape index (κ1) is 20.9. The number of ether oxygens (including phenoxy) is 1. The van der Waals surface area contributed by atoms with E-state index in [1.54, 1.807) is 16.1 Å². The number of carbonyl (C=O) groups is 1. The maximum atomic E-state index is 12.8. The van der Waals surface area contributed by atoms with Crippen molar-refractivity contribution in [3.05, 3.63) is 64.6 Å². The third kappa shape index (κ3) is 5.15. The minimum absolute atomic E-state index is 0.0898. The molecule has 0 amide bonds. The van der Waals surface area contributed by atoms with E-state index in [1.165, 1.54) is 0 Å². The standard InChI is InChI=1S/C23H28N2O4/c1-3-14-24-21-6-4-5-7-22(21)25(23(24)28)15-19(27)16-29-20-12-10-18(11-13-20)9-8-17(2)26/h4-7,10-13,19,27H,3,8-9,14-16H2,1-2H3. The average molecular weight is 396 g/mol. The van der Waals surface area contributed by atoms with E-state index in [9.17, 15) is 14.7 Å². The highest BCUT2D eigenvalue weighted by Crippen LogP contribution is 2.16.